The van der Waals surface area contributed by atoms with Gasteiger partial charge >= 0.3 is 0 Å². The van der Waals surface area contributed by atoms with Crippen LogP contribution in [0.15, 0.2) is 96.5 Å². The number of benzene rings is 2. The Kier molecular flexibility index (Phi) is 23.6. The van der Waals surface area contributed by atoms with Gasteiger partial charge in [0.2, 0.25) is 0 Å². The first kappa shape index (κ1) is 43.5. The van der Waals surface area contributed by atoms with Gasteiger partial charge in [0.15, 0.2) is 11.9 Å². The van der Waals surface area contributed by atoms with Gasteiger partial charge in [-0.15, -0.1) is 42.3 Å². The minimum Gasteiger partial charge on any atom is -0.369 e. The maximum absolute atomic E-state index is 7.99. The Morgan fingerprint density at radius 1 is 0.837 bits per heavy atom. The van der Waals surface area contributed by atoms with E-state index in [9.17, 15) is 0 Å². The second-order valence-corrected chi connectivity index (χ2v) is 9.97. The highest BCUT2D eigenvalue weighted by Gasteiger charge is 2.02. The first-order valence-electron chi connectivity index (χ1n) is 14.9. The van der Waals surface area contributed by atoms with Crippen LogP contribution in [-0.4, -0.2) is 41.5 Å². The van der Waals surface area contributed by atoms with Crippen LogP contribution in [0.2, 0.25) is 0 Å². The van der Waals surface area contributed by atoms with Gasteiger partial charge in [-0.2, -0.15) is 0 Å². The summed E-state index contributed by atoms with van der Waals surface area (Å²) in [6.07, 6.45) is 24.0. The molecule has 0 spiro atoms. The number of azide groups is 1. The summed E-state index contributed by atoms with van der Waals surface area (Å²) in [6, 6.07) is 20.1. The van der Waals surface area contributed by atoms with E-state index in [2.05, 4.69) is 70.5 Å². The Labute approximate surface area is 301 Å². The molecule has 49 heavy (non-hydrogen) atoms. The van der Waals surface area contributed by atoms with Crippen molar-refractivity contribution in [3.8, 4) is 12.3 Å². The van der Waals surface area contributed by atoms with Gasteiger partial charge < -0.3 is 21.4 Å². The smallest absolute Gasteiger partial charge is 0.197 e. The number of nitrogens with zero attached hydrogens (tertiary/aromatic N) is 8. The van der Waals surface area contributed by atoms with Crippen molar-refractivity contribution in [2.45, 2.75) is 52.5 Å². The first-order valence-corrected chi connectivity index (χ1v) is 14.9. The molecule has 14 heteroatoms. The number of aryl methyl sites for hydroxylation is 3. The van der Waals surface area contributed by atoms with Crippen LogP contribution >= 0.6 is 24.8 Å². The summed E-state index contributed by atoms with van der Waals surface area (Å²) in [4.78, 5) is 16.5. The summed E-state index contributed by atoms with van der Waals surface area (Å²) >= 11 is 0. The van der Waals surface area contributed by atoms with Crippen molar-refractivity contribution in [3.63, 3.8) is 0 Å². The largest absolute Gasteiger partial charge is 0.369 e. The molecule has 0 amide bonds. The molecule has 0 aliphatic rings. The van der Waals surface area contributed by atoms with Crippen molar-refractivity contribution >= 4 is 48.9 Å². The number of hydrogen-bond acceptors (Lipinski definition) is 7. The number of aromatic amines is 2. The van der Waals surface area contributed by atoms with Crippen molar-refractivity contribution in [3.05, 3.63) is 130 Å². The number of nitrogen functional groups attached to an aromatic ring is 2. The molecule has 5 aromatic rings. The molecule has 0 bridgehead atoms. The molecular formula is C35H46Cl2N12. The lowest BCUT2D eigenvalue weighted by Gasteiger charge is -1.96. The average molecular weight is 706 g/mol. The second kappa shape index (κ2) is 26.6. The van der Waals surface area contributed by atoms with Crippen LogP contribution in [0.5, 0.6) is 0 Å². The van der Waals surface area contributed by atoms with Crippen LogP contribution in [-0.2, 0) is 25.8 Å². The van der Waals surface area contributed by atoms with Crippen LogP contribution in [0.25, 0.3) is 22.6 Å². The number of rotatable bonds is 13. The lowest BCUT2D eigenvalue weighted by molar-refractivity contribution is 0.662. The van der Waals surface area contributed by atoms with E-state index in [-0.39, 0.29) is 32.2 Å². The topological polar surface area (TPSA) is 189 Å². The third-order valence-corrected chi connectivity index (χ3v) is 6.29. The van der Waals surface area contributed by atoms with Crippen LogP contribution in [0.1, 0.15) is 54.9 Å². The zero-order chi connectivity index (χ0) is 32.7. The maximum Gasteiger partial charge on any atom is 0.197 e. The van der Waals surface area contributed by atoms with Gasteiger partial charge in [-0.05, 0) is 48.8 Å². The lowest BCUT2D eigenvalue weighted by atomic mass is 10.2. The van der Waals surface area contributed by atoms with Crippen molar-refractivity contribution in [2.24, 2.45) is 5.11 Å². The number of H-pyrrole nitrogens is 2. The van der Waals surface area contributed by atoms with E-state index in [1.165, 1.54) is 5.56 Å². The molecule has 0 fully saturated rings. The molecular weight excluding hydrogens is 659 g/mol. The minimum atomic E-state index is 0. The number of nitrogens with two attached hydrogens (primary N) is 2. The lowest BCUT2D eigenvalue weighted by Crippen LogP contribution is -1.95. The monoisotopic (exact) mass is 704 g/mol. The number of unbranched alkanes of at least 4 members (excludes halogenated alkanes) is 1. The summed E-state index contributed by atoms with van der Waals surface area (Å²) in [5, 5.41) is 11.7. The Morgan fingerprint density at radius 2 is 1.39 bits per heavy atom. The molecule has 0 aliphatic heterocycles. The fraction of sp³-hybridized carbons (Fsp3) is 0.257. The van der Waals surface area contributed by atoms with Gasteiger partial charge in [0.1, 0.15) is 0 Å². The minimum absolute atomic E-state index is 0. The number of aromatic nitrogens is 7. The molecule has 0 unspecified atom stereocenters. The van der Waals surface area contributed by atoms with Crippen molar-refractivity contribution in [2.75, 3.05) is 18.0 Å². The molecule has 3 aromatic heterocycles. The van der Waals surface area contributed by atoms with Gasteiger partial charge in [0.25, 0.3) is 0 Å². The van der Waals surface area contributed by atoms with E-state index in [0.29, 0.717) is 18.4 Å². The number of hydrogen-bond donors (Lipinski definition) is 4. The highest BCUT2D eigenvalue weighted by atomic mass is 35.5. The number of halogens is 2. The zero-order valence-electron chi connectivity index (χ0n) is 26.6. The SMILES string of the molecule is C.C#CCCCc1cnc(N)[nH]1.Cl.Cl.Nc1ncc(CCCc2cn(C/C=C/c3ccccc3)nn2)[nH]1.[N-]=[N+]=NC/C=C/c1ccccc1. The Balaban J connectivity index is 0.000000756. The Bertz CT molecular complexity index is 1700. The molecule has 0 atom stereocenters. The molecule has 5 rings (SSSR count). The van der Waals surface area contributed by atoms with Crippen molar-refractivity contribution < 1.29 is 0 Å². The summed E-state index contributed by atoms with van der Waals surface area (Å²) in [5.74, 6) is 3.52. The summed E-state index contributed by atoms with van der Waals surface area (Å²) in [7, 11) is 0. The van der Waals surface area contributed by atoms with E-state index in [0.717, 1.165) is 67.7 Å². The van der Waals surface area contributed by atoms with Crippen molar-refractivity contribution in [1.29, 1.82) is 0 Å². The van der Waals surface area contributed by atoms with Crippen LogP contribution in [0.4, 0.5) is 11.9 Å². The Morgan fingerprint density at radius 3 is 1.90 bits per heavy atom. The summed E-state index contributed by atoms with van der Waals surface area (Å²) in [5.41, 5.74) is 24.3. The normalized spacial score (nSPS) is 9.78. The molecule has 3 heterocycles. The Hall–Kier alpha value is -5.47. The first-order chi connectivity index (χ1) is 22.6. The molecule has 0 radical (unpaired) electrons. The van der Waals surface area contributed by atoms with Gasteiger partial charge in [0.05, 0.1) is 24.6 Å². The van der Waals surface area contributed by atoms with E-state index in [1.807, 2.05) is 71.6 Å². The standard InChI is InChI=1S/C17H20N6.C9H9N3.C8H11N3.CH4.2ClH/c18-17-19-12-15(20-17)9-4-10-16-13-23(22-21-16)11-5-8-14-6-2-1-3-7-14;10-12-11-8-4-7-9-5-2-1-3-6-9;1-2-3-4-5-7-6-10-8(9)11-7;;;/h1-3,5-8,12-13H,4,9-11H2,(H3,18,19,20);1-7H,8H2;1,6H,3-5H2,(H3,9,10,11);1H4;2*1H/b8-5+;7-4+;;;;. The predicted molar refractivity (Wildman–Crippen MR) is 206 cm³/mol. The zero-order valence-corrected chi connectivity index (χ0v) is 28.2. The van der Waals surface area contributed by atoms with Gasteiger partial charge in [-0.3, -0.25) is 0 Å². The van der Waals surface area contributed by atoms with Gasteiger partial charge in [-0.1, -0.05) is 103 Å². The molecule has 260 valence electrons. The quantitative estimate of drug-likeness (QED) is 0.0316. The number of anilines is 2. The maximum atomic E-state index is 7.99. The molecule has 2 aromatic carbocycles. The van der Waals surface area contributed by atoms with E-state index in [1.54, 1.807) is 12.4 Å². The van der Waals surface area contributed by atoms with Crippen LogP contribution in [0.3, 0.4) is 0 Å². The molecule has 12 nitrogen and oxygen atoms in total. The third-order valence-electron chi connectivity index (χ3n) is 6.29. The fourth-order valence-electron chi connectivity index (χ4n) is 4.09. The van der Waals surface area contributed by atoms with E-state index >= 15 is 0 Å². The average Bonchev–Trinajstić information content (AvgIpc) is 3.83. The third kappa shape index (κ3) is 19.1. The summed E-state index contributed by atoms with van der Waals surface area (Å²) < 4.78 is 1.85. The van der Waals surface area contributed by atoms with Crippen LogP contribution in [0, 0.1) is 12.3 Å². The van der Waals surface area contributed by atoms with E-state index in [4.69, 9.17) is 23.4 Å². The van der Waals surface area contributed by atoms with Crippen molar-refractivity contribution in [1.82, 2.24) is 34.9 Å². The summed E-state index contributed by atoms with van der Waals surface area (Å²) in [6.45, 7) is 1.13. The highest BCUT2D eigenvalue weighted by Crippen LogP contribution is 2.07. The predicted octanol–water partition coefficient (Wildman–Crippen LogP) is 7.91. The van der Waals surface area contributed by atoms with Crippen LogP contribution < -0.4 is 11.5 Å². The molecule has 6 N–H and O–H groups in total. The second-order valence-electron chi connectivity index (χ2n) is 9.97. The number of allylic oxidation sites excluding steroid dienone is 1. The number of nitrogens with one attached hydrogen (secondary N) is 2. The molecule has 0 saturated carbocycles. The molecule has 0 aliphatic carbocycles. The van der Waals surface area contributed by atoms with Gasteiger partial charge in [-0.25, -0.2) is 14.6 Å². The number of imidazole rings is 2. The fourth-order valence-corrected chi connectivity index (χ4v) is 4.09. The van der Waals surface area contributed by atoms with E-state index < -0.39 is 0 Å². The highest BCUT2D eigenvalue weighted by molar-refractivity contribution is 5.85. The van der Waals surface area contributed by atoms with Gasteiger partial charge in [0, 0.05) is 35.5 Å². The number of terminal acetylenes is 1. The molecule has 0 saturated heterocycles.